The fourth-order valence-electron chi connectivity index (χ4n) is 2.36. The molecule has 2 aromatic heterocycles. The Morgan fingerprint density at radius 1 is 0.862 bits per heavy atom. The molecular formula is C17H20Br2N6O4. The van der Waals surface area contributed by atoms with Crippen LogP contribution in [0, 0.1) is 0 Å². The molecule has 2 heterocycles. The summed E-state index contributed by atoms with van der Waals surface area (Å²) >= 11 is 0. The van der Waals surface area contributed by atoms with Crippen LogP contribution in [0.4, 0.5) is 11.4 Å². The number of pyridine rings is 2. The molecule has 0 spiro atoms. The Morgan fingerprint density at radius 3 is 1.66 bits per heavy atom. The smallest absolute Gasteiger partial charge is 0.270 e. The average molecular weight is 532 g/mol. The van der Waals surface area contributed by atoms with Gasteiger partial charge in [-0.3, -0.25) is 9.59 Å². The number of aromatic nitrogens is 2. The summed E-state index contributed by atoms with van der Waals surface area (Å²) in [6.45, 7) is 1.41. The second-order valence-electron chi connectivity index (χ2n) is 5.48. The molecule has 0 saturated heterocycles. The standard InChI is InChI=1S/C17H18N6O4.2BrH/c24-16(10-18-26)20-14-4-1-6-22(12-14)8-3-9-23-7-2-5-15(13-23)21-17(25)11-19-27;;/h1-2,4-7,10-13H,3,8-9H2,(H2-2,20,21,24,25,26,27);2*1H. The second-order valence-corrected chi connectivity index (χ2v) is 5.48. The van der Waals surface area contributed by atoms with E-state index in [1.54, 1.807) is 36.7 Å². The SMILES string of the molecule is O=C(/C=N\O)Nc1ccc[n+](CCC[n+]2cccc(NC(=O)/C=N\O)c2)c1.[Br-].[Br-]. The van der Waals surface area contributed by atoms with Gasteiger partial charge in [-0.05, 0) is 12.1 Å². The van der Waals surface area contributed by atoms with Crippen molar-refractivity contribution in [1.82, 2.24) is 0 Å². The Morgan fingerprint density at radius 2 is 1.28 bits per heavy atom. The first kappa shape index (κ1) is 26.1. The molecule has 12 heteroatoms. The highest BCUT2D eigenvalue weighted by Crippen LogP contribution is 2.02. The van der Waals surface area contributed by atoms with Crippen molar-refractivity contribution in [3.8, 4) is 0 Å². The number of hydrogen-bond acceptors (Lipinski definition) is 6. The molecule has 29 heavy (non-hydrogen) atoms. The third-order valence-corrected chi connectivity index (χ3v) is 3.43. The van der Waals surface area contributed by atoms with E-state index in [1.807, 2.05) is 21.5 Å². The maximum atomic E-state index is 11.4. The van der Waals surface area contributed by atoms with Gasteiger partial charge in [-0.1, -0.05) is 10.3 Å². The van der Waals surface area contributed by atoms with Gasteiger partial charge < -0.3 is 55.0 Å². The maximum Gasteiger partial charge on any atom is 0.270 e. The monoisotopic (exact) mass is 530 g/mol. The molecule has 0 saturated carbocycles. The number of nitrogens with zero attached hydrogens (tertiary/aromatic N) is 4. The molecule has 2 amide bonds. The van der Waals surface area contributed by atoms with Crippen molar-refractivity contribution in [2.75, 3.05) is 10.6 Å². The van der Waals surface area contributed by atoms with Gasteiger partial charge in [0.15, 0.2) is 37.9 Å². The van der Waals surface area contributed by atoms with Gasteiger partial charge >= 0.3 is 0 Å². The predicted octanol–water partition coefficient (Wildman–Crippen LogP) is -5.84. The lowest BCUT2D eigenvalue weighted by Gasteiger charge is -2.02. The number of carbonyl (C=O) groups excluding carboxylic acids is 2. The molecule has 10 nitrogen and oxygen atoms in total. The van der Waals surface area contributed by atoms with Gasteiger partial charge in [-0.2, -0.15) is 0 Å². The summed E-state index contributed by atoms with van der Waals surface area (Å²) < 4.78 is 3.85. The van der Waals surface area contributed by atoms with Crippen molar-refractivity contribution in [1.29, 1.82) is 0 Å². The number of halogens is 2. The van der Waals surface area contributed by atoms with Crippen LogP contribution in [0.5, 0.6) is 0 Å². The van der Waals surface area contributed by atoms with E-state index in [4.69, 9.17) is 10.4 Å². The zero-order valence-electron chi connectivity index (χ0n) is 15.2. The number of nitrogens with one attached hydrogen (secondary N) is 2. The molecule has 0 aliphatic carbocycles. The lowest BCUT2D eigenvalue weighted by molar-refractivity contribution is -0.726. The van der Waals surface area contributed by atoms with E-state index in [0.29, 0.717) is 24.5 Å². The summed E-state index contributed by atoms with van der Waals surface area (Å²) in [6, 6.07) is 7.07. The minimum Gasteiger partial charge on any atom is -1.00 e. The van der Waals surface area contributed by atoms with Crippen LogP contribution in [0.15, 0.2) is 59.4 Å². The normalized spacial score (nSPS) is 10.2. The predicted molar refractivity (Wildman–Crippen MR) is 95.7 cm³/mol. The molecule has 0 fully saturated rings. The molecule has 2 rings (SSSR count). The van der Waals surface area contributed by atoms with E-state index in [9.17, 15) is 9.59 Å². The second kappa shape index (κ2) is 14.2. The zero-order valence-corrected chi connectivity index (χ0v) is 18.3. The third kappa shape index (κ3) is 9.76. The Bertz CT molecular complexity index is 794. The number of oxime groups is 2. The summed E-state index contributed by atoms with van der Waals surface area (Å²) in [7, 11) is 0. The lowest BCUT2D eigenvalue weighted by atomic mass is 10.3. The summed E-state index contributed by atoms with van der Waals surface area (Å²) in [5.74, 6) is -1.04. The van der Waals surface area contributed by atoms with Gasteiger partial charge in [0.2, 0.25) is 0 Å². The Labute approximate surface area is 188 Å². The van der Waals surface area contributed by atoms with Crippen molar-refractivity contribution in [2.45, 2.75) is 19.5 Å². The molecule has 0 aliphatic rings. The first-order chi connectivity index (χ1) is 13.1. The fraction of sp³-hybridized carbons (Fsp3) is 0.176. The number of carbonyl (C=O) groups is 2. The highest BCUT2D eigenvalue weighted by molar-refractivity contribution is 6.31. The lowest BCUT2D eigenvalue weighted by Crippen LogP contribution is -3.00. The average Bonchev–Trinajstić information content (AvgIpc) is 2.63. The molecule has 0 aliphatic heterocycles. The minimum atomic E-state index is -0.518. The van der Waals surface area contributed by atoms with E-state index in [2.05, 4.69) is 20.9 Å². The van der Waals surface area contributed by atoms with Gasteiger partial charge in [0.05, 0.1) is 6.42 Å². The van der Waals surface area contributed by atoms with Crippen molar-refractivity contribution < 1.29 is 63.1 Å². The molecule has 0 atom stereocenters. The van der Waals surface area contributed by atoms with Gasteiger partial charge in [-0.15, -0.1) is 0 Å². The van der Waals surface area contributed by atoms with Crippen LogP contribution in [0.3, 0.4) is 0 Å². The fourth-order valence-corrected chi connectivity index (χ4v) is 2.36. The van der Waals surface area contributed by atoms with Crippen LogP contribution in [0.2, 0.25) is 0 Å². The van der Waals surface area contributed by atoms with Gasteiger partial charge in [0.25, 0.3) is 11.8 Å². The summed E-state index contributed by atoms with van der Waals surface area (Å²) in [5.41, 5.74) is 1.18. The molecule has 0 bridgehead atoms. The van der Waals surface area contributed by atoms with E-state index < -0.39 is 11.8 Å². The first-order valence-electron chi connectivity index (χ1n) is 8.06. The van der Waals surface area contributed by atoms with Gasteiger partial charge in [-0.25, -0.2) is 9.13 Å². The third-order valence-electron chi connectivity index (χ3n) is 3.43. The quantitative estimate of drug-likeness (QED) is 0.117. The highest BCUT2D eigenvalue weighted by Gasteiger charge is 2.09. The highest BCUT2D eigenvalue weighted by atomic mass is 79.9. The summed E-state index contributed by atoms with van der Waals surface area (Å²) in [4.78, 5) is 22.8. The number of rotatable bonds is 8. The van der Waals surface area contributed by atoms with Crippen LogP contribution in [-0.4, -0.2) is 34.7 Å². The molecule has 4 N–H and O–H groups in total. The van der Waals surface area contributed by atoms with Gasteiger partial charge in [0, 0.05) is 12.1 Å². The molecule has 2 aromatic rings. The molecule has 0 aromatic carbocycles. The van der Waals surface area contributed by atoms with E-state index >= 15 is 0 Å². The topological polar surface area (TPSA) is 131 Å². The summed E-state index contributed by atoms with van der Waals surface area (Å²) in [5, 5.41) is 27.2. The van der Waals surface area contributed by atoms with Crippen molar-refractivity contribution in [2.24, 2.45) is 10.3 Å². The Kier molecular flexibility index (Phi) is 12.8. The van der Waals surface area contributed by atoms with Crippen LogP contribution >= 0.6 is 0 Å². The first-order valence-corrected chi connectivity index (χ1v) is 8.06. The Hall–Kier alpha value is -2.86. The van der Waals surface area contributed by atoms with Gasteiger partial charge in [0.1, 0.15) is 23.8 Å². The minimum absolute atomic E-state index is 0. The van der Waals surface area contributed by atoms with Crippen LogP contribution in [0.1, 0.15) is 6.42 Å². The number of aryl methyl sites for hydroxylation is 2. The largest absolute Gasteiger partial charge is 1.00 e. The zero-order chi connectivity index (χ0) is 19.5. The maximum absolute atomic E-state index is 11.4. The van der Waals surface area contributed by atoms with Crippen molar-refractivity contribution in [3.63, 3.8) is 0 Å². The van der Waals surface area contributed by atoms with Crippen LogP contribution in [0.25, 0.3) is 0 Å². The molecular weight excluding hydrogens is 512 g/mol. The molecule has 156 valence electrons. The van der Waals surface area contributed by atoms with Crippen LogP contribution in [-0.2, 0) is 22.7 Å². The number of amides is 2. The van der Waals surface area contributed by atoms with E-state index in [-0.39, 0.29) is 34.0 Å². The van der Waals surface area contributed by atoms with Crippen molar-refractivity contribution >= 4 is 35.6 Å². The van der Waals surface area contributed by atoms with Crippen molar-refractivity contribution in [3.05, 3.63) is 49.1 Å². The van der Waals surface area contributed by atoms with E-state index in [0.717, 1.165) is 18.9 Å². The van der Waals surface area contributed by atoms with Crippen LogP contribution < -0.4 is 53.7 Å². The number of anilines is 2. The molecule has 0 unspecified atom stereocenters. The van der Waals surface area contributed by atoms with E-state index in [1.165, 1.54) is 0 Å². The summed E-state index contributed by atoms with van der Waals surface area (Å²) in [6.07, 6.45) is 9.69. The number of hydrogen-bond donors (Lipinski definition) is 4. The molecule has 0 radical (unpaired) electrons. The Balaban J connectivity index is 0.00000392.